The van der Waals surface area contributed by atoms with E-state index in [1.165, 1.54) is 36.0 Å². The monoisotopic (exact) mass is 637 g/mol. The summed E-state index contributed by atoms with van der Waals surface area (Å²) in [4.78, 5) is 55.0. The van der Waals surface area contributed by atoms with E-state index < -0.39 is 33.8 Å². The number of hydrogen-bond donors (Lipinski definition) is 1. The third-order valence-corrected chi connectivity index (χ3v) is 9.82. The minimum atomic E-state index is -0.817. The number of amides is 2. The number of aromatic nitrogens is 1. The van der Waals surface area contributed by atoms with Gasteiger partial charge in [-0.05, 0) is 42.8 Å². The van der Waals surface area contributed by atoms with Crippen molar-refractivity contribution in [1.82, 2.24) is 4.98 Å². The summed E-state index contributed by atoms with van der Waals surface area (Å²) in [6, 6.07) is 18.8. The third kappa shape index (κ3) is 4.65. The first-order chi connectivity index (χ1) is 19.2. The number of thioether (sulfide) groups is 1. The molecule has 1 saturated heterocycles. The highest BCUT2D eigenvalue weighted by molar-refractivity contribution is 9.10. The molecule has 0 spiro atoms. The van der Waals surface area contributed by atoms with E-state index in [-0.39, 0.29) is 16.2 Å². The molecule has 2 aliphatic rings. The van der Waals surface area contributed by atoms with Crippen molar-refractivity contribution >= 4 is 62.2 Å². The molecule has 2 aliphatic heterocycles. The second-order valence-corrected chi connectivity index (χ2v) is 12.6. The fourth-order valence-electron chi connectivity index (χ4n) is 5.19. The summed E-state index contributed by atoms with van der Waals surface area (Å²) in [5, 5.41) is 10.9. The number of hydrogen-bond acceptors (Lipinski definition) is 8. The Morgan fingerprint density at radius 3 is 2.55 bits per heavy atom. The number of H-pyrrole nitrogens is 1. The number of imide groups is 1. The van der Waals surface area contributed by atoms with Gasteiger partial charge in [0, 0.05) is 33.0 Å². The Labute approximate surface area is 244 Å². The summed E-state index contributed by atoms with van der Waals surface area (Å²) in [5.41, 5.74) is 2.88. The number of carbonyl (C=O) groups is 2. The lowest BCUT2D eigenvalue weighted by Crippen LogP contribution is -2.32. The summed E-state index contributed by atoms with van der Waals surface area (Å²) >= 11 is 5.72. The normalized spacial score (nSPS) is 19.9. The zero-order chi connectivity index (χ0) is 28.1. The van der Waals surface area contributed by atoms with Gasteiger partial charge < -0.3 is 9.72 Å². The Hall–Kier alpha value is -3.74. The van der Waals surface area contributed by atoms with E-state index in [9.17, 15) is 24.5 Å². The Balaban J connectivity index is 1.43. The van der Waals surface area contributed by atoms with Crippen LogP contribution in [0.1, 0.15) is 27.5 Å². The van der Waals surface area contributed by atoms with E-state index in [4.69, 9.17) is 4.74 Å². The van der Waals surface area contributed by atoms with Gasteiger partial charge in [0.05, 0.1) is 21.6 Å². The number of non-ortho nitro benzene ring substituents is 1. The number of nitro benzene ring substituents is 1. The van der Waals surface area contributed by atoms with Crippen LogP contribution in [-0.4, -0.2) is 27.0 Å². The van der Waals surface area contributed by atoms with Crippen LogP contribution in [0.3, 0.4) is 0 Å². The lowest BCUT2D eigenvalue weighted by molar-refractivity contribution is -0.384. The van der Waals surface area contributed by atoms with Crippen molar-refractivity contribution in [2.75, 3.05) is 4.90 Å². The highest BCUT2D eigenvalue weighted by atomic mass is 79.9. The zero-order valence-corrected chi connectivity index (χ0v) is 24.0. The number of benzene rings is 3. The van der Waals surface area contributed by atoms with Gasteiger partial charge in [-0.1, -0.05) is 68.9 Å². The summed E-state index contributed by atoms with van der Waals surface area (Å²) in [7, 11) is 0. The van der Waals surface area contributed by atoms with Gasteiger partial charge in [-0.25, -0.2) is 4.90 Å². The van der Waals surface area contributed by atoms with Gasteiger partial charge in [0.2, 0.25) is 11.8 Å². The van der Waals surface area contributed by atoms with E-state index in [1.54, 1.807) is 0 Å². The molecule has 6 rings (SSSR count). The van der Waals surface area contributed by atoms with Crippen molar-refractivity contribution in [3.05, 3.63) is 113 Å². The topological polar surface area (TPSA) is 123 Å². The average Bonchev–Trinajstić information content (AvgIpc) is 3.42. The molecular formula is C28H20BrN3O6S2. The first-order valence-electron chi connectivity index (χ1n) is 12.2. The second kappa shape index (κ2) is 10.3. The average molecular weight is 639 g/mol. The fourth-order valence-corrected chi connectivity index (χ4v) is 8.07. The minimum Gasteiger partial charge on any atom is -0.489 e. The second-order valence-electron chi connectivity index (χ2n) is 9.50. The largest absolute Gasteiger partial charge is 0.489 e. The van der Waals surface area contributed by atoms with Crippen molar-refractivity contribution in [3.63, 3.8) is 0 Å². The minimum absolute atomic E-state index is 0.142. The lowest BCUT2D eigenvalue weighted by atomic mass is 9.82. The van der Waals surface area contributed by atoms with Crippen molar-refractivity contribution in [2.24, 2.45) is 5.92 Å². The van der Waals surface area contributed by atoms with E-state index in [1.807, 2.05) is 49.4 Å². The number of fused-ring (bicyclic) bond motifs is 2. The molecule has 2 amide bonds. The van der Waals surface area contributed by atoms with E-state index in [0.717, 1.165) is 31.8 Å². The molecule has 3 aromatic carbocycles. The van der Waals surface area contributed by atoms with Gasteiger partial charge >= 0.3 is 4.87 Å². The highest BCUT2D eigenvalue weighted by Crippen LogP contribution is 2.54. The number of aromatic amines is 1. The number of nitrogens with zero attached hydrogens (tertiary/aromatic N) is 2. The molecule has 12 heteroatoms. The molecule has 0 bridgehead atoms. The van der Waals surface area contributed by atoms with Crippen molar-refractivity contribution in [2.45, 2.75) is 29.7 Å². The Kier molecular flexibility index (Phi) is 6.85. The number of carbonyl (C=O) groups excluding carboxylic acids is 2. The molecule has 1 aromatic heterocycles. The van der Waals surface area contributed by atoms with Crippen LogP contribution >= 0.6 is 39.0 Å². The number of rotatable bonds is 6. The summed E-state index contributed by atoms with van der Waals surface area (Å²) in [5.74, 6) is -1.77. The van der Waals surface area contributed by atoms with Crippen LogP contribution in [0.5, 0.6) is 5.75 Å². The van der Waals surface area contributed by atoms with Crippen LogP contribution < -0.4 is 14.5 Å². The number of nitro groups is 1. The predicted octanol–water partition coefficient (Wildman–Crippen LogP) is 5.79. The van der Waals surface area contributed by atoms with Gasteiger partial charge in [0.25, 0.3) is 5.69 Å². The first-order valence-corrected chi connectivity index (χ1v) is 14.7. The molecule has 0 radical (unpaired) electrons. The van der Waals surface area contributed by atoms with Gasteiger partial charge in [-0.2, -0.15) is 0 Å². The molecule has 1 fully saturated rings. The van der Waals surface area contributed by atoms with E-state index in [2.05, 4.69) is 20.9 Å². The maximum atomic E-state index is 14.0. The molecule has 202 valence electrons. The number of anilines is 1. The summed E-state index contributed by atoms with van der Waals surface area (Å²) in [6.45, 7) is 2.30. The zero-order valence-electron chi connectivity index (χ0n) is 20.8. The first kappa shape index (κ1) is 26.5. The Morgan fingerprint density at radius 1 is 1.05 bits per heavy atom. The number of thiazole rings is 1. The Bertz CT molecular complexity index is 1730. The van der Waals surface area contributed by atoms with Gasteiger partial charge in [-0.3, -0.25) is 24.5 Å². The maximum Gasteiger partial charge on any atom is 0.305 e. The maximum absolute atomic E-state index is 14.0. The summed E-state index contributed by atoms with van der Waals surface area (Å²) in [6.07, 6.45) is 0. The molecule has 3 atom stereocenters. The van der Waals surface area contributed by atoms with Crippen molar-refractivity contribution in [3.8, 4) is 5.75 Å². The van der Waals surface area contributed by atoms with Crippen molar-refractivity contribution in [1.29, 1.82) is 0 Å². The van der Waals surface area contributed by atoms with Gasteiger partial charge in [0.15, 0.2) is 0 Å². The quantitative estimate of drug-likeness (QED) is 0.161. The molecule has 3 unspecified atom stereocenters. The van der Waals surface area contributed by atoms with Crippen LogP contribution in [0.2, 0.25) is 0 Å². The molecule has 1 N–H and O–H groups in total. The Morgan fingerprint density at radius 2 is 1.82 bits per heavy atom. The molecule has 4 aromatic rings. The highest BCUT2D eigenvalue weighted by Gasteiger charge is 2.56. The number of aryl methyl sites for hydroxylation is 1. The van der Waals surface area contributed by atoms with Gasteiger partial charge in [-0.15, -0.1) is 0 Å². The molecule has 0 aliphatic carbocycles. The van der Waals surface area contributed by atoms with Crippen molar-refractivity contribution < 1.29 is 19.2 Å². The van der Waals surface area contributed by atoms with Crippen LogP contribution in [-0.2, 0) is 16.2 Å². The van der Waals surface area contributed by atoms with Crippen LogP contribution in [0, 0.1) is 23.0 Å². The standard InChI is InChI=1S/C28H20BrN3O6S2/c1-14-3-2-4-15(11-14)13-38-20-10-5-16(29)12-19(20)21-22-24(39-25-23(21)40-28(35)30-25)27(34)31(26(22)33)17-6-8-18(9-7-17)32(36)37/h2-12,21-22,24H,13H2,1H3,(H,30,35). The molecule has 40 heavy (non-hydrogen) atoms. The van der Waals surface area contributed by atoms with Crippen LogP contribution in [0.25, 0.3) is 0 Å². The number of ether oxygens (including phenoxy) is 1. The predicted molar refractivity (Wildman–Crippen MR) is 155 cm³/mol. The van der Waals surface area contributed by atoms with Crippen LogP contribution in [0.4, 0.5) is 11.4 Å². The van der Waals surface area contributed by atoms with Crippen LogP contribution in [0.15, 0.2) is 81.0 Å². The van der Waals surface area contributed by atoms with E-state index >= 15 is 0 Å². The molecule has 0 saturated carbocycles. The lowest BCUT2D eigenvalue weighted by Gasteiger charge is -2.31. The summed E-state index contributed by atoms with van der Waals surface area (Å²) < 4.78 is 7.04. The fraction of sp³-hybridized carbons (Fsp3) is 0.179. The van der Waals surface area contributed by atoms with E-state index in [0.29, 0.717) is 27.8 Å². The third-order valence-electron chi connectivity index (χ3n) is 6.93. The SMILES string of the molecule is Cc1cccc(COc2ccc(Br)cc2C2c3sc(=O)[nH]c3SC3C(=O)N(c4ccc([N+](=O)[O-])cc4)C(=O)C32)c1. The molecular weight excluding hydrogens is 618 g/mol. The number of nitrogens with one attached hydrogen (secondary N) is 1. The molecule has 9 nitrogen and oxygen atoms in total. The molecule has 3 heterocycles. The number of halogens is 1. The smallest absolute Gasteiger partial charge is 0.305 e. The van der Waals surface area contributed by atoms with Gasteiger partial charge in [0.1, 0.15) is 17.6 Å².